The standard InChI is InChI=1S/C41H28IN2/c1-3-11-32(12-4-1)38-27-37(42-28-39(43-38)33-13-5-2-6-14-33)31-21-19-29(20-22-31)30-23-25-34(26-24-30)44-40-17-9-7-15-35(40)36-16-8-10-18-41(36)44/h1-28H/q-1. The Morgan fingerprint density at radius 1 is 0.432 bits per heavy atom. The molecule has 1 aromatic heterocycles. The van der Waals surface area contributed by atoms with E-state index in [9.17, 15) is 0 Å². The summed E-state index contributed by atoms with van der Waals surface area (Å²) in [5.74, 6) is 0. The van der Waals surface area contributed by atoms with Crippen molar-refractivity contribution in [1.29, 1.82) is 0 Å². The molecule has 0 radical (unpaired) electrons. The Balaban J connectivity index is 1.11. The fourth-order valence-electron chi connectivity index (χ4n) is 5.91. The van der Waals surface area contributed by atoms with Crippen molar-refractivity contribution < 1.29 is 21.2 Å². The molecular formula is C41H28IN2-. The predicted molar refractivity (Wildman–Crippen MR) is 182 cm³/mol. The van der Waals surface area contributed by atoms with Gasteiger partial charge in [-0.05, 0) is 0 Å². The van der Waals surface area contributed by atoms with Crippen molar-refractivity contribution >= 4 is 36.8 Å². The number of aliphatic imine (C=N–C) groups is 1. The summed E-state index contributed by atoms with van der Waals surface area (Å²) < 4.78 is 6.09. The zero-order chi connectivity index (χ0) is 29.3. The van der Waals surface area contributed by atoms with E-state index in [1.807, 2.05) is 0 Å². The summed E-state index contributed by atoms with van der Waals surface area (Å²) in [5.41, 5.74) is 11.7. The molecule has 0 atom stereocenters. The van der Waals surface area contributed by atoms with E-state index in [-0.39, 0.29) is 21.2 Å². The first-order valence-electron chi connectivity index (χ1n) is 14.8. The molecule has 210 valence electrons. The predicted octanol–water partition coefficient (Wildman–Crippen LogP) is 7.38. The summed E-state index contributed by atoms with van der Waals surface area (Å²) in [6.45, 7) is 0. The number of rotatable bonds is 5. The molecule has 0 saturated heterocycles. The van der Waals surface area contributed by atoms with Crippen molar-refractivity contribution in [3.8, 4) is 16.8 Å². The van der Waals surface area contributed by atoms with Gasteiger partial charge in [-0.25, -0.2) is 0 Å². The van der Waals surface area contributed by atoms with Gasteiger partial charge in [0.25, 0.3) is 0 Å². The van der Waals surface area contributed by atoms with Gasteiger partial charge in [0.2, 0.25) is 0 Å². The third kappa shape index (κ3) is 4.99. The van der Waals surface area contributed by atoms with E-state index < -0.39 is 0 Å². The molecule has 2 heterocycles. The van der Waals surface area contributed by atoms with E-state index in [0.29, 0.717) is 0 Å². The molecule has 0 aliphatic carbocycles. The molecule has 3 heteroatoms. The minimum atomic E-state index is -0.382. The number of fused-ring (bicyclic) bond motifs is 3. The van der Waals surface area contributed by atoms with E-state index in [2.05, 4.69) is 172 Å². The Morgan fingerprint density at radius 2 is 0.932 bits per heavy atom. The van der Waals surface area contributed by atoms with Gasteiger partial charge < -0.3 is 0 Å². The monoisotopic (exact) mass is 675 g/mol. The van der Waals surface area contributed by atoms with Gasteiger partial charge >= 0.3 is 233 Å². The van der Waals surface area contributed by atoms with Crippen LogP contribution in [0.3, 0.4) is 0 Å². The van der Waals surface area contributed by atoms with Crippen molar-refractivity contribution in [2.75, 3.05) is 0 Å². The summed E-state index contributed by atoms with van der Waals surface area (Å²) in [5, 5.41) is 2.56. The van der Waals surface area contributed by atoms with Crippen molar-refractivity contribution in [1.82, 2.24) is 4.57 Å². The summed E-state index contributed by atoms with van der Waals surface area (Å²) in [6, 6.07) is 56.3. The van der Waals surface area contributed by atoms with Crippen LogP contribution < -0.4 is 21.2 Å². The molecule has 0 amide bonds. The van der Waals surface area contributed by atoms with Gasteiger partial charge in [0.1, 0.15) is 0 Å². The third-order valence-corrected chi connectivity index (χ3v) is 10.6. The number of aromatic nitrogens is 1. The molecule has 0 spiro atoms. The molecular weight excluding hydrogens is 647 g/mol. The maximum absolute atomic E-state index is 5.15. The third-order valence-electron chi connectivity index (χ3n) is 8.12. The summed E-state index contributed by atoms with van der Waals surface area (Å²) in [7, 11) is 0. The summed E-state index contributed by atoms with van der Waals surface area (Å²) >= 11 is -0.382. The van der Waals surface area contributed by atoms with Crippen molar-refractivity contribution in [3.05, 3.63) is 185 Å². The molecule has 44 heavy (non-hydrogen) atoms. The minimum absolute atomic E-state index is 0.382. The molecule has 0 N–H and O–H groups in total. The molecule has 2 nitrogen and oxygen atoms in total. The van der Waals surface area contributed by atoms with Crippen LogP contribution in [0.2, 0.25) is 0 Å². The maximum atomic E-state index is 5.15. The van der Waals surface area contributed by atoms with Gasteiger partial charge in [0.15, 0.2) is 0 Å². The van der Waals surface area contributed by atoms with Gasteiger partial charge in [0.05, 0.1) is 0 Å². The van der Waals surface area contributed by atoms with Gasteiger partial charge in [-0.15, -0.1) is 0 Å². The van der Waals surface area contributed by atoms with Crippen LogP contribution in [0.15, 0.2) is 173 Å². The van der Waals surface area contributed by atoms with Crippen LogP contribution in [-0.4, -0.2) is 10.3 Å². The molecule has 1 aliphatic rings. The van der Waals surface area contributed by atoms with Crippen LogP contribution in [0.4, 0.5) is 0 Å². The summed E-state index contributed by atoms with van der Waals surface area (Å²) in [4.78, 5) is 5.15. The molecule has 0 unspecified atom stereocenters. The first-order valence-corrected chi connectivity index (χ1v) is 17.1. The molecule has 8 rings (SSSR count). The second-order valence-electron chi connectivity index (χ2n) is 10.8. The van der Waals surface area contributed by atoms with Crippen LogP contribution in [0.25, 0.3) is 47.9 Å². The van der Waals surface area contributed by atoms with E-state index in [0.717, 1.165) is 22.5 Å². The second kappa shape index (κ2) is 11.6. The number of allylic oxidation sites excluding steroid dienone is 1. The number of benzene rings is 6. The zero-order valence-corrected chi connectivity index (χ0v) is 26.1. The summed E-state index contributed by atoms with van der Waals surface area (Å²) in [6.07, 6.45) is 2.30. The average molecular weight is 676 g/mol. The van der Waals surface area contributed by atoms with Gasteiger partial charge in [-0.1, -0.05) is 36.4 Å². The SMILES string of the molecule is C1=C(c2ccccc2)N=C(c2ccccc2)C=C(c2ccc(-c3ccc(-n4c5ccccc5c5ccccc54)cc3)cc2)[I-]1. The fraction of sp³-hybridized carbons (Fsp3) is 0. The second-order valence-corrected chi connectivity index (χ2v) is 13.2. The van der Waals surface area contributed by atoms with E-state index in [1.54, 1.807) is 0 Å². The molecule has 0 saturated carbocycles. The number of hydrogen-bond acceptors (Lipinski definition) is 1. The first kappa shape index (κ1) is 26.6. The van der Waals surface area contributed by atoms with Crippen LogP contribution in [0.1, 0.15) is 16.7 Å². The van der Waals surface area contributed by atoms with Crippen LogP contribution in [0, 0.1) is 0 Å². The first-order chi connectivity index (χ1) is 21.8. The average Bonchev–Trinajstić information content (AvgIpc) is 3.27. The number of hydrogen-bond donors (Lipinski definition) is 0. The van der Waals surface area contributed by atoms with Crippen LogP contribution >= 0.6 is 0 Å². The van der Waals surface area contributed by atoms with Crippen molar-refractivity contribution in [2.45, 2.75) is 0 Å². The molecule has 7 aromatic rings. The molecule has 6 aromatic carbocycles. The Morgan fingerprint density at radius 3 is 1.55 bits per heavy atom. The molecule has 0 bridgehead atoms. The van der Waals surface area contributed by atoms with Crippen molar-refractivity contribution in [3.63, 3.8) is 0 Å². The Bertz CT molecular complexity index is 2150. The normalized spacial score (nSPS) is 13.5. The number of halogens is 1. The van der Waals surface area contributed by atoms with Gasteiger partial charge in [-0.3, -0.25) is 0 Å². The zero-order valence-electron chi connectivity index (χ0n) is 23.9. The fourth-order valence-corrected chi connectivity index (χ4v) is 8.24. The molecule has 0 fully saturated rings. The van der Waals surface area contributed by atoms with E-state index in [4.69, 9.17) is 4.99 Å². The number of para-hydroxylation sites is 2. The molecule has 1 aliphatic heterocycles. The number of nitrogens with zero attached hydrogens (tertiary/aromatic N) is 2. The Labute approximate surface area is 267 Å². The van der Waals surface area contributed by atoms with E-state index in [1.165, 1.54) is 47.8 Å². The Hall–Kier alpha value is -5.00. The van der Waals surface area contributed by atoms with Crippen molar-refractivity contribution in [2.24, 2.45) is 4.99 Å². The Kier molecular flexibility index (Phi) is 7.01. The van der Waals surface area contributed by atoms with Gasteiger partial charge in [-0.2, -0.15) is 0 Å². The van der Waals surface area contributed by atoms with Crippen LogP contribution in [0.5, 0.6) is 0 Å². The topological polar surface area (TPSA) is 17.3 Å². The quantitative estimate of drug-likeness (QED) is 0.170. The van der Waals surface area contributed by atoms with E-state index >= 15 is 0 Å². The van der Waals surface area contributed by atoms with Gasteiger partial charge in [0, 0.05) is 0 Å². The van der Waals surface area contributed by atoms with Crippen LogP contribution in [-0.2, 0) is 0 Å².